The first-order chi connectivity index (χ1) is 4.75. The molecule has 10 heavy (non-hydrogen) atoms. The third-order valence-corrected chi connectivity index (χ3v) is 2.60. The normalized spacial score (nSPS) is 34.0. The van der Waals surface area contributed by atoms with E-state index in [9.17, 15) is 0 Å². The minimum absolute atomic E-state index is 0.730. The Hall–Kier alpha value is -0.460. The van der Waals surface area contributed by atoms with Crippen LogP contribution in [0.3, 0.4) is 0 Å². The summed E-state index contributed by atoms with van der Waals surface area (Å²) < 4.78 is 0. The van der Waals surface area contributed by atoms with Gasteiger partial charge in [0.15, 0.2) is 0 Å². The zero-order valence-corrected chi connectivity index (χ0v) is 6.93. The number of rotatable bonds is 0. The summed E-state index contributed by atoms with van der Waals surface area (Å²) in [5, 5.41) is 0. The molecule has 1 heteroatoms. The van der Waals surface area contributed by atoms with Crippen molar-refractivity contribution in [2.45, 2.75) is 33.1 Å². The molecule has 0 heterocycles. The topological polar surface area (TPSA) is 26.0 Å². The molecule has 2 N–H and O–H groups in total. The van der Waals surface area contributed by atoms with Crippen LogP contribution in [0.2, 0.25) is 0 Å². The Balaban J connectivity index is 2.63. The number of hydrogen-bond donors (Lipinski definition) is 1. The Morgan fingerprint density at radius 3 is 2.10 bits per heavy atom. The van der Waals surface area contributed by atoms with E-state index >= 15 is 0 Å². The molecule has 0 amide bonds. The van der Waals surface area contributed by atoms with Gasteiger partial charge in [0.25, 0.3) is 0 Å². The molecule has 0 spiro atoms. The van der Waals surface area contributed by atoms with Crippen molar-refractivity contribution >= 4 is 0 Å². The first-order valence-corrected chi connectivity index (χ1v) is 4.17. The first-order valence-electron chi connectivity index (χ1n) is 4.17. The molecular weight excluding hydrogens is 122 g/mol. The summed E-state index contributed by atoms with van der Waals surface area (Å²) in [6, 6.07) is 0. The van der Waals surface area contributed by atoms with E-state index in [1.54, 1.807) is 0 Å². The fourth-order valence-electron chi connectivity index (χ4n) is 1.88. The highest BCUT2D eigenvalue weighted by Gasteiger charge is 2.19. The van der Waals surface area contributed by atoms with Crippen LogP contribution in [0, 0.1) is 11.8 Å². The van der Waals surface area contributed by atoms with E-state index in [0.29, 0.717) is 0 Å². The van der Waals surface area contributed by atoms with Crippen LogP contribution in [0.25, 0.3) is 0 Å². The van der Waals surface area contributed by atoms with Crippen LogP contribution >= 0.6 is 0 Å². The van der Waals surface area contributed by atoms with Gasteiger partial charge >= 0.3 is 0 Å². The third-order valence-electron chi connectivity index (χ3n) is 2.60. The quantitative estimate of drug-likeness (QED) is 0.547. The van der Waals surface area contributed by atoms with Crippen molar-refractivity contribution in [3.63, 3.8) is 0 Å². The van der Waals surface area contributed by atoms with Crippen LogP contribution in [-0.2, 0) is 0 Å². The molecule has 58 valence electrons. The summed E-state index contributed by atoms with van der Waals surface area (Å²) in [6.45, 7) is 4.54. The molecule has 2 atom stereocenters. The molecule has 0 aromatic rings. The summed E-state index contributed by atoms with van der Waals surface area (Å²) >= 11 is 0. The first kappa shape index (κ1) is 7.64. The second-order valence-corrected chi connectivity index (χ2v) is 3.40. The highest BCUT2D eigenvalue weighted by atomic mass is 14.5. The molecule has 1 fully saturated rings. The number of hydrogen-bond acceptors (Lipinski definition) is 1. The maximum Gasteiger partial charge on any atom is -0.00650 e. The Labute approximate surface area is 63.3 Å². The van der Waals surface area contributed by atoms with Crippen LogP contribution in [0.4, 0.5) is 0 Å². The van der Waals surface area contributed by atoms with Gasteiger partial charge in [0.2, 0.25) is 0 Å². The lowest BCUT2D eigenvalue weighted by Crippen LogP contribution is -2.15. The summed E-state index contributed by atoms with van der Waals surface area (Å²) in [7, 11) is 0. The van der Waals surface area contributed by atoms with Crippen molar-refractivity contribution in [3.05, 3.63) is 11.8 Å². The SMILES string of the molecule is CC1CCCC(C)C1=CN. The highest BCUT2D eigenvalue weighted by molar-refractivity contribution is 5.09. The van der Waals surface area contributed by atoms with Crippen LogP contribution in [0.5, 0.6) is 0 Å². The van der Waals surface area contributed by atoms with Crippen molar-refractivity contribution in [1.29, 1.82) is 0 Å². The van der Waals surface area contributed by atoms with Crippen molar-refractivity contribution in [1.82, 2.24) is 0 Å². The molecule has 0 bridgehead atoms. The molecule has 1 saturated carbocycles. The van der Waals surface area contributed by atoms with Gasteiger partial charge in [-0.15, -0.1) is 0 Å². The highest BCUT2D eigenvalue weighted by Crippen LogP contribution is 2.32. The Bertz CT molecular complexity index is 126. The predicted octanol–water partition coefficient (Wildman–Crippen LogP) is 2.29. The molecule has 1 nitrogen and oxygen atoms in total. The van der Waals surface area contributed by atoms with E-state index in [4.69, 9.17) is 5.73 Å². The Morgan fingerprint density at radius 2 is 1.80 bits per heavy atom. The number of allylic oxidation sites excluding steroid dienone is 1. The third kappa shape index (κ3) is 1.34. The molecule has 1 aliphatic carbocycles. The smallest absolute Gasteiger partial charge is 0.00650 e. The maximum absolute atomic E-state index is 5.52. The summed E-state index contributed by atoms with van der Waals surface area (Å²) in [5.41, 5.74) is 6.99. The number of nitrogens with two attached hydrogens (primary N) is 1. The fourth-order valence-corrected chi connectivity index (χ4v) is 1.88. The van der Waals surface area contributed by atoms with Gasteiger partial charge in [0, 0.05) is 0 Å². The van der Waals surface area contributed by atoms with Gasteiger partial charge in [0.1, 0.15) is 0 Å². The van der Waals surface area contributed by atoms with E-state index in [1.165, 1.54) is 24.8 Å². The molecule has 0 saturated heterocycles. The van der Waals surface area contributed by atoms with Crippen LogP contribution < -0.4 is 5.73 Å². The van der Waals surface area contributed by atoms with Gasteiger partial charge in [-0.3, -0.25) is 0 Å². The molecule has 0 aromatic heterocycles. The van der Waals surface area contributed by atoms with Crippen molar-refractivity contribution < 1.29 is 0 Å². The molecular formula is C9H17N. The molecule has 0 aliphatic heterocycles. The lowest BCUT2D eigenvalue weighted by atomic mass is 9.79. The minimum Gasteiger partial charge on any atom is -0.405 e. The van der Waals surface area contributed by atoms with Gasteiger partial charge in [-0.2, -0.15) is 0 Å². The molecule has 0 aromatic carbocycles. The van der Waals surface area contributed by atoms with E-state index in [1.807, 2.05) is 6.20 Å². The van der Waals surface area contributed by atoms with Crippen LogP contribution in [0.1, 0.15) is 33.1 Å². The van der Waals surface area contributed by atoms with E-state index in [2.05, 4.69) is 13.8 Å². The summed E-state index contributed by atoms with van der Waals surface area (Å²) in [4.78, 5) is 0. The molecule has 2 unspecified atom stereocenters. The van der Waals surface area contributed by atoms with Gasteiger partial charge in [0.05, 0.1) is 0 Å². The zero-order valence-electron chi connectivity index (χ0n) is 6.93. The van der Waals surface area contributed by atoms with Crippen LogP contribution in [0.15, 0.2) is 11.8 Å². The summed E-state index contributed by atoms with van der Waals surface area (Å²) in [6.07, 6.45) is 5.84. The average molecular weight is 139 g/mol. The minimum atomic E-state index is 0.730. The second kappa shape index (κ2) is 3.09. The largest absolute Gasteiger partial charge is 0.405 e. The van der Waals surface area contributed by atoms with Gasteiger partial charge in [-0.1, -0.05) is 20.3 Å². The summed E-state index contributed by atoms with van der Waals surface area (Å²) in [5.74, 6) is 1.46. The second-order valence-electron chi connectivity index (χ2n) is 3.40. The Kier molecular flexibility index (Phi) is 2.36. The van der Waals surface area contributed by atoms with Crippen molar-refractivity contribution in [2.75, 3.05) is 0 Å². The van der Waals surface area contributed by atoms with Gasteiger partial charge < -0.3 is 5.73 Å². The van der Waals surface area contributed by atoms with E-state index in [0.717, 1.165) is 11.8 Å². The predicted molar refractivity (Wildman–Crippen MR) is 44.4 cm³/mol. The fraction of sp³-hybridized carbons (Fsp3) is 0.778. The average Bonchev–Trinajstić information content (AvgIpc) is 1.88. The Morgan fingerprint density at radius 1 is 1.30 bits per heavy atom. The lowest BCUT2D eigenvalue weighted by Gasteiger charge is -2.27. The van der Waals surface area contributed by atoms with E-state index in [-0.39, 0.29) is 0 Å². The van der Waals surface area contributed by atoms with Gasteiger partial charge in [-0.25, -0.2) is 0 Å². The molecule has 1 rings (SSSR count). The monoisotopic (exact) mass is 139 g/mol. The van der Waals surface area contributed by atoms with E-state index < -0.39 is 0 Å². The zero-order chi connectivity index (χ0) is 7.56. The van der Waals surface area contributed by atoms with Crippen LogP contribution in [-0.4, -0.2) is 0 Å². The lowest BCUT2D eigenvalue weighted by molar-refractivity contribution is 0.403. The molecule has 1 aliphatic rings. The van der Waals surface area contributed by atoms with Crippen molar-refractivity contribution in [3.8, 4) is 0 Å². The molecule has 0 radical (unpaired) electrons. The maximum atomic E-state index is 5.52. The van der Waals surface area contributed by atoms with Crippen molar-refractivity contribution in [2.24, 2.45) is 17.6 Å². The standard InChI is InChI=1S/C9H17N/c1-7-4-3-5-8(2)9(7)6-10/h6-8H,3-5,10H2,1-2H3. The van der Waals surface area contributed by atoms with Gasteiger partial charge in [-0.05, 0) is 36.5 Å².